The molecule has 15 nitrogen and oxygen atoms in total. The molecule has 12 aliphatic carbocycles. The molecule has 0 amide bonds. The number of hydrogen-bond donors (Lipinski definition) is 0. The van der Waals surface area contributed by atoms with Gasteiger partial charge >= 0.3 is 41.8 Å². The zero-order valence-corrected chi connectivity index (χ0v) is 78.7. The molecule has 0 saturated heterocycles. The number of carbonyl (C=O) groups excluding carboxylic acids is 7. The molecule has 0 radical (unpaired) electrons. The summed E-state index contributed by atoms with van der Waals surface area (Å²) in [5, 5.41) is 0. The van der Waals surface area contributed by atoms with Gasteiger partial charge in [-0.05, 0) is 380 Å². The SMILES string of the molecule is CCC(C)(C)C(=O)OC(C)(C)C.CCC(C)(C)C(=O)OC(C)OC1CC2CC1C1C3CCC(C3)C21.CCC(C)(C)C(=O)OC1(C(C)C)C2CC3CC(C2)CC1C3.CCC(C)(C)OC(=O)C(C)(C)CC.CCC(C)C(=O)OC(C)(C)C.CCC(C)C(=O)OC(C)(C)CC.CCC(C)C(=O)OC1(C(C)C)C2CC3CC(C2)CC1C3. The van der Waals surface area contributed by atoms with Crippen molar-refractivity contribution in [2.24, 2.45) is 134 Å². The molecule has 12 fully saturated rings. The van der Waals surface area contributed by atoms with Gasteiger partial charge in [-0.1, -0.05) is 111 Å². The van der Waals surface area contributed by atoms with Gasteiger partial charge in [0.05, 0.1) is 45.5 Å². The third kappa shape index (κ3) is 26.4. The van der Waals surface area contributed by atoms with E-state index < -0.39 is 11.7 Å². The molecule has 12 saturated carbocycles. The van der Waals surface area contributed by atoms with Crippen LogP contribution in [0.15, 0.2) is 0 Å². The van der Waals surface area contributed by atoms with Crippen molar-refractivity contribution in [3.05, 3.63) is 0 Å². The highest BCUT2D eigenvalue weighted by Gasteiger charge is 2.65. The highest BCUT2D eigenvalue weighted by molar-refractivity contribution is 5.78. The molecule has 0 heterocycles. The van der Waals surface area contributed by atoms with E-state index in [0.717, 1.165) is 117 Å². The standard InChI is InChI=1S/C20H32O3.C19H32O2.C18H30O2.C11H22O2.2C10H20O2.C9H18O2/c1-5-20(3,4)19(21)23-11(2)22-16-10-14-9-15(16)18-13-7-6-12(8-13)17(14)18;1-6-18(4,5)17(20)21-19(12(2)3)15-8-13-7-14(10-15)11-16(19)9-13;1-5-12(4)17(19)20-18(11(2)3)15-7-13-6-14(9-15)10-16(18)8-13;1-7-10(3,4)9(12)13-11(5,6)8-2;1-7-10(5,6)8(11)12-9(2,3)4;1-6-8(3)9(11)12-10(4,5)7-2;1-6-7(2)8(10)11-9(3,4)5/h11-18H,5-10H2,1-4H3;12-16H,6-11H2,1-5H3;11-16H,5-10H2,1-4H3;7-8H2,1-6H3;7H2,1-6H3;8H,6-7H2,1-5H3;7H,6H2,1-5H3. The first kappa shape index (κ1) is 101. The molecule has 0 aromatic heterocycles. The minimum atomic E-state index is -0.415. The average molecular weight is 1580 g/mol. The van der Waals surface area contributed by atoms with Gasteiger partial charge in [0.15, 0.2) is 6.29 Å². The monoisotopic (exact) mass is 1580 g/mol. The maximum Gasteiger partial charge on any atom is 0.313 e. The maximum atomic E-state index is 12.8. The Morgan fingerprint density at radius 2 is 0.661 bits per heavy atom. The highest BCUT2D eigenvalue weighted by Crippen LogP contribution is 2.68. The summed E-state index contributed by atoms with van der Waals surface area (Å²) < 4.78 is 45.6. The Kier molecular flexibility index (Phi) is 36.7. The summed E-state index contributed by atoms with van der Waals surface area (Å²) in [6.45, 7) is 69.6. The minimum absolute atomic E-state index is 0.0224. The molecule has 0 aliphatic heterocycles. The zero-order chi connectivity index (χ0) is 85.8. The number of rotatable bonds is 25. The lowest BCUT2D eigenvalue weighted by molar-refractivity contribution is -0.231. The lowest BCUT2D eigenvalue weighted by Crippen LogP contribution is -2.63. The van der Waals surface area contributed by atoms with Crippen molar-refractivity contribution in [2.45, 2.75) is 442 Å². The van der Waals surface area contributed by atoms with Gasteiger partial charge < -0.3 is 37.9 Å². The zero-order valence-electron chi connectivity index (χ0n) is 78.7. The van der Waals surface area contributed by atoms with Crippen molar-refractivity contribution in [3.63, 3.8) is 0 Å². The Hall–Kier alpha value is -3.75. The van der Waals surface area contributed by atoms with E-state index in [4.69, 9.17) is 37.9 Å². The van der Waals surface area contributed by atoms with E-state index in [9.17, 15) is 33.6 Å². The van der Waals surface area contributed by atoms with E-state index in [1.165, 1.54) is 96.3 Å². The van der Waals surface area contributed by atoms with Gasteiger partial charge in [0.2, 0.25) is 0 Å². The van der Waals surface area contributed by atoms with E-state index in [2.05, 4.69) is 41.5 Å². The second-order valence-corrected chi connectivity index (χ2v) is 43.4. The van der Waals surface area contributed by atoms with Crippen LogP contribution in [-0.2, 0) is 71.5 Å². The predicted molar refractivity (Wildman–Crippen MR) is 453 cm³/mol. The lowest BCUT2D eigenvalue weighted by atomic mass is 9.47. The van der Waals surface area contributed by atoms with Crippen molar-refractivity contribution in [2.75, 3.05) is 0 Å². The molecule has 11 unspecified atom stereocenters. The fourth-order valence-corrected chi connectivity index (χ4v) is 19.9. The van der Waals surface area contributed by atoms with Gasteiger partial charge in [0.1, 0.15) is 33.6 Å². The first-order valence-electron chi connectivity index (χ1n) is 45.6. The smallest absolute Gasteiger partial charge is 0.313 e. The van der Waals surface area contributed by atoms with Crippen LogP contribution >= 0.6 is 0 Å². The predicted octanol–water partition coefficient (Wildman–Crippen LogP) is 24.7. The maximum absolute atomic E-state index is 12.8. The van der Waals surface area contributed by atoms with E-state index >= 15 is 0 Å². The van der Waals surface area contributed by atoms with Crippen LogP contribution in [-0.4, -0.2) is 87.8 Å². The van der Waals surface area contributed by atoms with Crippen molar-refractivity contribution < 1.29 is 71.5 Å². The number of ether oxygens (including phenoxy) is 8. The van der Waals surface area contributed by atoms with E-state index in [1.54, 1.807) is 0 Å². The summed E-state index contributed by atoms with van der Waals surface area (Å²) in [6.07, 6.45) is 27.7. The van der Waals surface area contributed by atoms with Gasteiger partial charge in [-0.25, -0.2) is 0 Å². The van der Waals surface area contributed by atoms with E-state index in [0.29, 0.717) is 41.6 Å². The summed E-state index contributed by atoms with van der Waals surface area (Å²) in [6, 6.07) is 0. The second kappa shape index (κ2) is 40.8. The van der Waals surface area contributed by atoms with Crippen LogP contribution in [0.25, 0.3) is 0 Å². The van der Waals surface area contributed by atoms with Crippen LogP contribution in [0, 0.1) is 134 Å². The molecule has 12 rings (SSSR count). The normalized spacial score (nSPS) is 30.7. The van der Waals surface area contributed by atoms with Gasteiger partial charge in [-0.15, -0.1) is 0 Å². The lowest BCUT2D eigenvalue weighted by Gasteiger charge is -2.62. The van der Waals surface area contributed by atoms with Gasteiger partial charge in [0.25, 0.3) is 0 Å². The summed E-state index contributed by atoms with van der Waals surface area (Å²) in [5.41, 5.74) is -3.14. The van der Waals surface area contributed by atoms with Gasteiger partial charge in [-0.2, -0.15) is 0 Å². The third-order valence-corrected chi connectivity index (χ3v) is 29.5. The van der Waals surface area contributed by atoms with Crippen molar-refractivity contribution >= 4 is 41.8 Å². The molecule has 11 atom stereocenters. The second-order valence-electron chi connectivity index (χ2n) is 43.4. The summed E-state index contributed by atoms with van der Waals surface area (Å²) >= 11 is 0. The highest BCUT2D eigenvalue weighted by atomic mass is 16.7. The van der Waals surface area contributed by atoms with Crippen LogP contribution in [0.5, 0.6) is 0 Å². The Balaban J connectivity index is 0.000000282. The molecule has 0 aromatic carbocycles. The number of carbonyl (C=O) groups is 7. The Morgan fingerprint density at radius 1 is 0.330 bits per heavy atom. The molecule has 0 spiro atoms. The molecule has 652 valence electrons. The van der Waals surface area contributed by atoms with Gasteiger partial charge in [-0.3, -0.25) is 33.6 Å². The molecule has 0 aromatic rings. The fourth-order valence-electron chi connectivity index (χ4n) is 19.9. The summed E-state index contributed by atoms with van der Waals surface area (Å²) in [7, 11) is 0. The summed E-state index contributed by atoms with van der Waals surface area (Å²) in [4.78, 5) is 83.1. The fraction of sp³-hybridized carbons (Fsp3) is 0.928. The molecular formula is C97H174O15. The Morgan fingerprint density at radius 3 is 1.02 bits per heavy atom. The van der Waals surface area contributed by atoms with Crippen LogP contribution in [0.3, 0.4) is 0 Å². The largest absolute Gasteiger partial charge is 0.460 e. The Labute approximate surface area is 686 Å². The quantitative estimate of drug-likeness (QED) is 0.0362. The Bertz CT molecular complexity index is 2930. The molecular weight excluding hydrogens is 1410 g/mol. The molecule has 0 N–H and O–H groups in total. The van der Waals surface area contributed by atoms with Crippen LogP contribution in [0.2, 0.25) is 0 Å². The minimum Gasteiger partial charge on any atom is -0.460 e. The van der Waals surface area contributed by atoms with E-state index in [1.807, 2.05) is 201 Å². The molecule has 12 bridgehead atoms. The van der Waals surface area contributed by atoms with Gasteiger partial charge in [0, 0.05) is 0 Å². The van der Waals surface area contributed by atoms with Crippen molar-refractivity contribution in [3.8, 4) is 0 Å². The van der Waals surface area contributed by atoms with Crippen molar-refractivity contribution in [1.82, 2.24) is 0 Å². The van der Waals surface area contributed by atoms with Crippen molar-refractivity contribution in [1.29, 1.82) is 0 Å². The van der Waals surface area contributed by atoms with E-state index in [-0.39, 0.29) is 109 Å². The molecule has 12 aliphatic rings. The number of fused-ring (bicyclic) bond motifs is 9. The average Bonchev–Trinajstić information content (AvgIpc) is 1.09. The topological polar surface area (TPSA) is 193 Å². The number of hydrogen-bond acceptors (Lipinski definition) is 15. The number of esters is 7. The van der Waals surface area contributed by atoms with Crippen LogP contribution in [0.4, 0.5) is 0 Å². The van der Waals surface area contributed by atoms with Crippen LogP contribution in [0.1, 0.15) is 396 Å². The molecule has 112 heavy (non-hydrogen) atoms. The summed E-state index contributed by atoms with van der Waals surface area (Å²) in [5.74, 6) is 12.3. The first-order chi connectivity index (χ1) is 51.4. The third-order valence-electron chi connectivity index (χ3n) is 29.5. The van der Waals surface area contributed by atoms with Crippen LogP contribution < -0.4 is 0 Å². The first-order valence-corrected chi connectivity index (χ1v) is 45.6. The molecule has 15 heteroatoms.